The largest absolute Gasteiger partial charge is 0.371 e. The van der Waals surface area contributed by atoms with Crippen LogP contribution in [-0.2, 0) is 4.79 Å². The average Bonchev–Trinajstić information content (AvgIpc) is 3.09. The summed E-state index contributed by atoms with van der Waals surface area (Å²) < 4.78 is 0. The van der Waals surface area contributed by atoms with Gasteiger partial charge in [0.1, 0.15) is 0 Å². The molecule has 2 amide bonds. The van der Waals surface area contributed by atoms with Gasteiger partial charge in [-0.1, -0.05) is 37.8 Å². The first-order valence-corrected chi connectivity index (χ1v) is 12.3. The molecule has 0 aromatic heterocycles. The molecule has 3 fully saturated rings. The minimum atomic E-state index is 0.0389. The molecule has 6 nitrogen and oxygen atoms in total. The third-order valence-electron chi connectivity index (χ3n) is 7.32. The molecule has 0 atom stereocenters. The molecule has 2 heterocycles. The molecule has 4 rings (SSSR count). The smallest absolute Gasteiger partial charge is 0.256 e. The summed E-state index contributed by atoms with van der Waals surface area (Å²) in [6.07, 6.45) is 9.97. The molecule has 1 aromatic rings. The number of hydrogen-bond acceptors (Lipinski definition) is 4. The van der Waals surface area contributed by atoms with E-state index in [0.29, 0.717) is 0 Å². The summed E-state index contributed by atoms with van der Waals surface area (Å²) in [5.74, 6) is 0.206. The first-order valence-electron chi connectivity index (χ1n) is 12.3. The van der Waals surface area contributed by atoms with E-state index in [1.807, 2.05) is 18.2 Å². The van der Waals surface area contributed by atoms with Crippen LogP contribution in [0.5, 0.6) is 0 Å². The van der Waals surface area contributed by atoms with Gasteiger partial charge in [0.05, 0.1) is 5.56 Å². The summed E-state index contributed by atoms with van der Waals surface area (Å²) in [6.45, 7) is 6.97. The normalized spacial score (nSPS) is 22.2. The number of carbonyl (C=O) groups is 2. The van der Waals surface area contributed by atoms with Gasteiger partial charge in [0, 0.05) is 64.0 Å². The highest BCUT2D eigenvalue weighted by atomic mass is 16.2. The Balaban J connectivity index is 1.36. The molecular weight excluding hydrogens is 388 g/mol. The molecule has 1 saturated carbocycles. The van der Waals surface area contributed by atoms with Crippen LogP contribution in [0.4, 0.5) is 5.69 Å². The number of nitrogens with one attached hydrogen (secondary N) is 1. The predicted octanol–water partition coefficient (Wildman–Crippen LogP) is 3.27. The summed E-state index contributed by atoms with van der Waals surface area (Å²) >= 11 is 0. The fourth-order valence-electron chi connectivity index (χ4n) is 5.57. The number of anilines is 1. The van der Waals surface area contributed by atoms with Crippen LogP contribution >= 0.6 is 0 Å². The lowest BCUT2D eigenvalue weighted by Crippen LogP contribution is -2.52. The molecule has 3 aliphatic rings. The number of rotatable bonds is 4. The van der Waals surface area contributed by atoms with Crippen molar-refractivity contribution in [1.82, 2.24) is 15.1 Å². The molecule has 0 spiro atoms. The van der Waals surface area contributed by atoms with Gasteiger partial charge in [-0.25, -0.2) is 0 Å². The van der Waals surface area contributed by atoms with Crippen molar-refractivity contribution in [3.8, 4) is 0 Å². The zero-order chi connectivity index (χ0) is 21.6. The molecule has 1 N–H and O–H groups in total. The van der Waals surface area contributed by atoms with Crippen molar-refractivity contribution in [3.05, 3.63) is 29.8 Å². The Bertz CT molecular complexity index is 744. The predicted molar refractivity (Wildman–Crippen MR) is 124 cm³/mol. The second kappa shape index (κ2) is 10.5. The number of nitrogens with zero attached hydrogens (tertiary/aromatic N) is 3. The second-order valence-electron chi connectivity index (χ2n) is 9.45. The number of para-hydroxylation sites is 1. The van der Waals surface area contributed by atoms with E-state index in [-0.39, 0.29) is 17.9 Å². The standard InChI is InChI=1S/C25H38N4O2/c1-20(30)26-21-12-14-28(15-13-21)24-11-7-6-10-23(24)25(31)29-18-16-27(17-19-29)22-8-4-2-3-5-9-22/h6-7,10-11,21-22H,2-5,8-9,12-19H2,1H3,(H,26,30). The van der Waals surface area contributed by atoms with Crippen LogP contribution < -0.4 is 10.2 Å². The van der Waals surface area contributed by atoms with Crippen LogP contribution in [-0.4, -0.2) is 73.0 Å². The SMILES string of the molecule is CC(=O)NC1CCN(c2ccccc2C(=O)N2CCN(C3CCCCCC3)CC2)CC1. The van der Waals surface area contributed by atoms with E-state index < -0.39 is 0 Å². The van der Waals surface area contributed by atoms with Crippen LogP contribution in [0.1, 0.15) is 68.6 Å². The highest BCUT2D eigenvalue weighted by Gasteiger charge is 2.29. The van der Waals surface area contributed by atoms with Gasteiger partial charge >= 0.3 is 0 Å². The molecule has 170 valence electrons. The van der Waals surface area contributed by atoms with Crippen molar-refractivity contribution >= 4 is 17.5 Å². The lowest BCUT2D eigenvalue weighted by Gasteiger charge is -2.40. The second-order valence-corrected chi connectivity index (χ2v) is 9.45. The summed E-state index contributed by atoms with van der Waals surface area (Å²) in [4.78, 5) is 31.8. The Labute approximate surface area is 187 Å². The molecule has 6 heteroatoms. The molecule has 0 radical (unpaired) electrons. The first-order chi connectivity index (χ1) is 15.1. The Morgan fingerprint density at radius 2 is 1.48 bits per heavy atom. The molecule has 1 aromatic carbocycles. The third-order valence-corrected chi connectivity index (χ3v) is 7.32. The zero-order valence-electron chi connectivity index (χ0n) is 19.0. The fraction of sp³-hybridized carbons (Fsp3) is 0.680. The molecule has 2 aliphatic heterocycles. The number of hydrogen-bond donors (Lipinski definition) is 1. The van der Waals surface area contributed by atoms with E-state index in [1.54, 1.807) is 6.92 Å². The van der Waals surface area contributed by atoms with Gasteiger partial charge < -0.3 is 15.1 Å². The summed E-state index contributed by atoms with van der Waals surface area (Å²) in [5, 5.41) is 3.03. The van der Waals surface area contributed by atoms with Crippen LogP contribution in [0, 0.1) is 0 Å². The van der Waals surface area contributed by atoms with E-state index >= 15 is 0 Å². The van der Waals surface area contributed by atoms with Crippen molar-refractivity contribution < 1.29 is 9.59 Å². The van der Waals surface area contributed by atoms with Gasteiger partial charge in [-0.05, 0) is 37.8 Å². The first kappa shape index (κ1) is 22.1. The Morgan fingerprint density at radius 3 is 2.13 bits per heavy atom. The van der Waals surface area contributed by atoms with Gasteiger partial charge in [-0.2, -0.15) is 0 Å². The molecule has 0 unspecified atom stereocenters. The van der Waals surface area contributed by atoms with Gasteiger partial charge in [0.25, 0.3) is 5.91 Å². The Hall–Kier alpha value is -2.08. The summed E-state index contributed by atoms with van der Waals surface area (Å²) in [6, 6.07) is 9.02. The monoisotopic (exact) mass is 426 g/mol. The molecule has 1 aliphatic carbocycles. The minimum absolute atomic E-state index is 0.0389. The molecule has 0 bridgehead atoms. The molecule has 2 saturated heterocycles. The quantitative estimate of drug-likeness (QED) is 0.751. The van der Waals surface area contributed by atoms with E-state index in [9.17, 15) is 9.59 Å². The molecule has 31 heavy (non-hydrogen) atoms. The average molecular weight is 427 g/mol. The van der Waals surface area contributed by atoms with Crippen LogP contribution in [0.15, 0.2) is 24.3 Å². The van der Waals surface area contributed by atoms with E-state index in [1.165, 1.54) is 38.5 Å². The van der Waals surface area contributed by atoms with Crippen molar-refractivity contribution in [3.63, 3.8) is 0 Å². The number of benzene rings is 1. The van der Waals surface area contributed by atoms with Crippen molar-refractivity contribution in [1.29, 1.82) is 0 Å². The highest BCUT2D eigenvalue weighted by molar-refractivity contribution is 6.00. The van der Waals surface area contributed by atoms with Gasteiger partial charge in [0.15, 0.2) is 0 Å². The number of piperidine rings is 1. The number of carbonyl (C=O) groups excluding carboxylic acids is 2. The maximum atomic E-state index is 13.4. The van der Waals surface area contributed by atoms with Crippen molar-refractivity contribution in [2.45, 2.75) is 70.4 Å². The maximum Gasteiger partial charge on any atom is 0.256 e. The summed E-state index contributed by atoms with van der Waals surface area (Å²) in [5.41, 5.74) is 1.86. The Morgan fingerprint density at radius 1 is 0.839 bits per heavy atom. The minimum Gasteiger partial charge on any atom is -0.371 e. The number of amides is 2. The van der Waals surface area contributed by atoms with Gasteiger partial charge in [-0.15, -0.1) is 0 Å². The van der Waals surface area contributed by atoms with Gasteiger partial charge in [-0.3, -0.25) is 14.5 Å². The van der Waals surface area contributed by atoms with Crippen molar-refractivity contribution in [2.75, 3.05) is 44.2 Å². The highest BCUT2D eigenvalue weighted by Crippen LogP contribution is 2.27. The topological polar surface area (TPSA) is 55.9 Å². The molecular formula is C25H38N4O2. The lowest BCUT2D eigenvalue weighted by molar-refractivity contribution is -0.119. The van der Waals surface area contributed by atoms with Gasteiger partial charge in [0.2, 0.25) is 5.91 Å². The summed E-state index contributed by atoms with van der Waals surface area (Å²) in [7, 11) is 0. The lowest BCUT2D eigenvalue weighted by atomic mass is 10.0. The third kappa shape index (κ3) is 5.59. The maximum absolute atomic E-state index is 13.4. The van der Waals surface area contributed by atoms with E-state index in [0.717, 1.165) is 69.4 Å². The van der Waals surface area contributed by atoms with E-state index in [2.05, 4.69) is 26.1 Å². The van der Waals surface area contributed by atoms with Crippen LogP contribution in [0.25, 0.3) is 0 Å². The van der Waals surface area contributed by atoms with Crippen LogP contribution in [0.3, 0.4) is 0 Å². The van der Waals surface area contributed by atoms with Crippen molar-refractivity contribution in [2.24, 2.45) is 0 Å². The zero-order valence-corrected chi connectivity index (χ0v) is 19.0. The number of piperazine rings is 1. The fourth-order valence-corrected chi connectivity index (χ4v) is 5.57. The van der Waals surface area contributed by atoms with E-state index in [4.69, 9.17) is 0 Å². The Kier molecular flexibility index (Phi) is 7.49. The van der Waals surface area contributed by atoms with Crippen LogP contribution in [0.2, 0.25) is 0 Å².